The van der Waals surface area contributed by atoms with E-state index in [2.05, 4.69) is 4.90 Å². The van der Waals surface area contributed by atoms with Gasteiger partial charge in [-0.3, -0.25) is 9.69 Å². The van der Waals surface area contributed by atoms with E-state index in [0.29, 0.717) is 30.4 Å². The van der Waals surface area contributed by atoms with Crippen molar-refractivity contribution in [3.8, 4) is 5.75 Å². The highest BCUT2D eigenvalue weighted by Gasteiger charge is 2.26. The van der Waals surface area contributed by atoms with E-state index in [1.807, 2.05) is 24.0 Å². The van der Waals surface area contributed by atoms with Crippen LogP contribution in [0.15, 0.2) is 18.2 Å². The maximum atomic E-state index is 12.5. The second kappa shape index (κ2) is 7.81. The smallest absolute Gasteiger partial charge is 0.263 e. The molecule has 1 heterocycles. The first kappa shape index (κ1) is 17.1. The van der Waals surface area contributed by atoms with Crippen molar-refractivity contribution in [2.45, 2.75) is 20.0 Å². The van der Waals surface area contributed by atoms with Gasteiger partial charge in [0, 0.05) is 32.7 Å². The molecule has 2 rings (SSSR count). The molecule has 1 fully saturated rings. The van der Waals surface area contributed by atoms with E-state index in [-0.39, 0.29) is 12.5 Å². The minimum absolute atomic E-state index is 0.0266. The number of nitrogens with zero attached hydrogens (tertiary/aromatic N) is 2. The molecule has 1 N–H and O–H groups in total. The molecule has 5 nitrogen and oxygen atoms in total. The highest BCUT2D eigenvalue weighted by Crippen LogP contribution is 2.26. The van der Waals surface area contributed by atoms with Gasteiger partial charge >= 0.3 is 0 Å². The van der Waals surface area contributed by atoms with Crippen LogP contribution in [0, 0.1) is 6.92 Å². The highest BCUT2D eigenvalue weighted by molar-refractivity contribution is 6.32. The molecule has 0 radical (unpaired) electrons. The van der Waals surface area contributed by atoms with Crippen molar-refractivity contribution >= 4 is 17.5 Å². The van der Waals surface area contributed by atoms with Crippen LogP contribution in [0.5, 0.6) is 5.75 Å². The molecule has 0 spiro atoms. The molecule has 22 heavy (non-hydrogen) atoms. The lowest BCUT2D eigenvalue weighted by atomic mass is 10.2. The Kier molecular flexibility index (Phi) is 6.06. The van der Waals surface area contributed by atoms with E-state index in [1.54, 1.807) is 13.0 Å². The van der Waals surface area contributed by atoms with E-state index in [1.165, 1.54) is 0 Å². The second-order valence-corrected chi connectivity index (χ2v) is 5.99. The summed E-state index contributed by atoms with van der Waals surface area (Å²) in [4.78, 5) is 16.4. The summed E-state index contributed by atoms with van der Waals surface area (Å²) in [5.74, 6) is 0.516. The minimum Gasteiger partial charge on any atom is -0.479 e. The van der Waals surface area contributed by atoms with E-state index in [9.17, 15) is 4.79 Å². The number of carbonyl (C=O) groups excluding carboxylic acids is 1. The number of carbonyl (C=O) groups is 1. The maximum Gasteiger partial charge on any atom is 0.263 e. The Hall–Kier alpha value is -1.30. The predicted octanol–water partition coefficient (Wildman–Crippen LogP) is 1.55. The molecule has 1 aromatic carbocycles. The monoisotopic (exact) mass is 326 g/mol. The van der Waals surface area contributed by atoms with Crippen molar-refractivity contribution in [1.82, 2.24) is 9.80 Å². The number of aliphatic hydroxyl groups excluding tert-OH is 1. The van der Waals surface area contributed by atoms with Gasteiger partial charge in [-0.05, 0) is 31.5 Å². The number of piperazine rings is 1. The second-order valence-electron chi connectivity index (χ2n) is 5.58. The number of halogens is 1. The van der Waals surface area contributed by atoms with Gasteiger partial charge in [-0.25, -0.2) is 0 Å². The van der Waals surface area contributed by atoms with Crippen LogP contribution in [-0.2, 0) is 4.79 Å². The zero-order valence-corrected chi connectivity index (χ0v) is 13.8. The largest absolute Gasteiger partial charge is 0.479 e. The van der Waals surface area contributed by atoms with Crippen LogP contribution in [0.2, 0.25) is 5.02 Å². The molecule has 6 heteroatoms. The summed E-state index contributed by atoms with van der Waals surface area (Å²) >= 11 is 6.10. The van der Waals surface area contributed by atoms with Crippen LogP contribution in [0.4, 0.5) is 0 Å². The minimum atomic E-state index is -0.566. The van der Waals surface area contributed by atoms with Gasteiger partial charge in [0.05, 0.1) is 11.6 Å². The lowest BCUT2D eigenvalue weighted by Crippen LogP contribution is -2.52. The topological polar surface area (TPSA) is 53.0 Å². The summed E-state index contributed by atoms with van der Waals surface area (Å²) in [5, 5.41) is 9.45. The fourth-order valence-corrected chi connectivity index (χ4v) is 2.69. The molecule has 0 aromatic heterocycles. The normalized spacial score (nSPS) is 17.4. The number of ether oxygens (including phenoxy) is 1. The van der Waals surface area contributed by atoms with Crippen molar-refractivity contribution in [1.29, 1.82) is 0 Å². The first-order chi connectivity index (χ1) is 10.5. The Balaban J connectivity index is 1.91. The first-order valence-corrected chi connectivity index (χ1v) is 7.94. The molecule has 1 unspecified atom stereocenters. The van der Waals surface area contributed by atoms with Crippen LogP contribution in [0.25, 0.3) is 0 Å². The number of β-amino-alcohol motifs (C(OH)–C–C–N with tert-alkyl or cyclic N) is 1. The molecule has 1 aliphatic heterocycles. The van der Waals surface area contributed by atoms with Gasteiger partial charge < -0.3 is 14.7 Å². The zero-order chi connectivity index (χ0) is 16.1. The molecular formula is C16H23ClN2O3. The highest BCUT2D eigenvalue weighted by atomic mass is 35.5. The van der Waals surface area contributed by atoms with Gasteiger partial charge in [0.1, 0.15) is 5.75 Å². The molecule has 1 saturated heterocycles. The molecule has 122 valence electrons. The van der Waals surface area contributed by atoms with Gasteiger partial charge in [-0.15, -0.1) is 0 Å². The summed E-state index contributed by atoms with van der Waals surface area (Å²) in [6, 6.07) is 5.52. The van der Waals surface area contributed by atoms with Crippen LogP contribution < -0.4 is 4.74 Å². The number of amides is 1. The third kappa shape index (κ3) is 4.35. The molecule has 0 saturated carbocycles. The number of aryl methyl sites for hydroxylation is 1. The summed E-state index contributed by atoms with van der Waals surface area (Å²) in [6.07, 6.45) is -0.566. The van der Waals surface area contributed by atoms with Gasteiger partial charge in [0.15, 0.2) is 6.10 Å². The molecule has 1 aliphatic rings. The SMILES string of the molecule is Cc1ccc(Cl)c(OC(C)C(=O)N2CCN(CCO)CC2)c1. The lowest BCUT2D eigenvalue weighted by molar-refractivity contribution is -0.139. The third-order valence-electron chi connectivity index (χ3n) is 3.84. The predicted molar refractivity (Wildman–Crippen MR) is 86.4 cm³/mol. The number of hydrogen-bond acceptors (Lipinski definition) is 4. The van der Waals surface area contributed by atoms with Crippen molar-refractivity contribution in [3.05, 3.63) is 28.8 Å². The summed E-state index contributed by atoms with van der Waals surface area (Å²) in [7, 11) is 0. The average Bonchev–Trinajstić information content (AvgIpc) is 2.51. The fraction of sp³-hybridized carbons (Fsp3) is 0.562. The molecule has 1 aromatic rings. The van der Waals surface area contributed by atoms with E-state index in [4.69, 9.17) is 21.4 Å². The molecular weight excluding hydrogens is 304 g/mol. The number of benzene rings is 1. The van der Waals surface area contributed by atoms with Gasteiger partial charge in [0.25, 0.3) is 5.91 Å². The standard InChI is InChI=1S/C16H23ClN2O3/c1-12-3-4-14(17)15(11-12)22-13(2)16(21)19-7-5-18(6-8-19)9-10-20/h3-4,11,13,20H,5-10H2,1-2H3. The molecule has 0 bridgehead atoms. The average molecular weight is 327 g/mol. The Morgan fingerprint density at radius 3 is 2.68 bits per heavy atom. The Morgan fingerprint density at radius 2 is 2.05 bits per heavy atom. The molecule has 0 aliphatic carbocycles. The zero-order valence-electron chi connectivity index (χ0n) is 13.1. The van der Waals surface area contributed by atoms with Crippen LogP contribution >= 0.6 is 11.6 Å². The van der Waals surface area contributed by atoms with E-state index < -0.39 is 6.10 Å². The Bertz CT molecular complexity index is 516. The number of aliphatic hydroxyl groups is 1. The summed E-state index contributed by atoms with van der Waals surface area (Å²) < 4.78 is 5.74. The molecule has 1 atom stereocenters. The van der Waals surface area contributed by atoms with Gasteiger partial charge in [-0.2, -0.15) is 0 Å². The molecule has 1 amide bonds. The van der Waals surface area contributed by atoms with Crippen molar-refractivity contribution in [2.75, 3.05) is 39.3 Å². The third-order valence-corrected chi connectivity index (χ3v) is 4.15. The van der Waals surface area contributed by atoms with E-state index >= 15 is 0 Å². The first-order valence-electron chi connectivity index (χ1n) is 7.56. The van der Waals surface area contributed by atoms with E-state index in [0.717, 1.165) is 18.7 Å². The number of rotatable bonds is 5. The van der Waals surface area contributed by atoms with Crippen LogP contribution in [-0.4, -0.2) is 66.2 Å². The van der Waals surface area contributed by atoms with Crippen molar-refractivity contribution in [3.63, 3.8) is 0 Å². The summed E-state index contributed by atoms with van der Waals surface area (Å²) in [6.45, 7) is 7.40. The van der Waals surface area contributed by atoms with Crippen LogP contribution in [0.1, 0.15) is 12.5 Å². The van der Waals surface area contributed by atoms with Crippen LogP contribution in [0.3, 0.4) is 0 Å². The fourth-order valence-electron chi connectivity index (χ4n) is 2.53. The lowest BCUT2D eigenvalue weighted by Gasteiger charge is -2.35. The maximum absolute atomic E-state index is 12.5. The number of hydrogen-bond donors (Lipinski definition) is 1. The quantitative estimate of drug-likeness (QED) is 0.892. The van der Waals surface area contributed by atoms with Crippen molar-refractivity contribution < 1.29 is 14.6 Å². The Morgan fingerprint density at radius 1 is 1.36 bits per heavy atom. The van der Waals surface area contributed by atoms with Gasteiger partial charge in [0.2, 0.25) is 0 Å². The summed E-state index contributed by atoms with van der Waals surface area (Å²) in [5.41, 5.74) is 1.04. The Labute approximate surface area is 136 Å². The van der Waals surface area contributed by atoms with Gasteiger partial charge in [-0.1, -0.05) is 17.7 Å². The van der Waals surface area contributed by atoms with Crippen molar-refractivity contribution in [2.24, 2.45) is 0 Å².